The van der Waals surface area contributed by atoms with Crippen LogP contribution in [-0.4, -0.2) is 36.3 Å². The largest absolute Gasteiger partial charge is 0.476 e. The highest BCUT2D eigenvalue weighted by molar-refractivity contribution is 5.67. The molecule has 0 saturated carbocycles. The average molecular weight is 296 g/mol. The van der Waals surface area contributed by atoms with Gasteiger partial charge in [0.2, 0.25) is 5.88 Å². The number of aromatic nitrogens is 2. The van der Waals surface area contributed by atoms with Crippen LogP contribution in [0.2, 0.25) is 0 Å². The van der Waals surface area contributed by atoms with Crippen molar-refractivity contribution in [3.05, 3.63) is 5.82 Å². The Morgan fingerprint density at radius 1 is 1.19 bits per heavy atom. The molecule has 6 heteroatoms. The van der Waals surface area contributed by atoms with Crippen molar-refractivity contribution in [1.82, 2.24) is 9.97 Å². The Balaban J connectivity index is 2.77. The molecule has 1 rings (SSSR count). The molecule has 6 nitrogen and oxygen atoms in total. The van der Waals surface area contributed by atoms with E-state index >= 15 is 0 Å². The zero-order chi connectivity index (χ0) is 15.7. The topological polar surface area (TPSA) is 82.3 Å². The predicted molar refractivity (Wildman–Crippen MR) is 85.9 cm³/mol. The van der Waals surface area contributed by atoms with Gasteiger partial charge in [-0.2, -0.15) is 4.98 Å². The molecule has 1 aromatic heterocycles. The van der Waals surface area contributed by atoms with Crippen molar-refractivity contribution in [2.75, 3.05) is 37.4 Å². The SMILES string of the molecule is CCCOc1nc(C(C)C)nc(NCCCOCC)c1N. The Kier molecular flexibility index (Phi) is 7.82. The second kappa shape index (κ2) is 9.39. The molecule has 0 aliphatic rings. The van der Waals surface area contributed by atoms with Crippen LogP contribution in [0.5, 0.6) is 5.88 Å². The molecule has 0 spiro atoms. The number of ether oxygens (including phenoxy) is 2. The summed E-state index contributed by atoms with van der Waals surface area (Å²) in [5.74, 6) is 2.08. The van der Waals surface area contributed by atoms with Crippen LogP contribution in [0.1, 0.15) is 52.3 Å². The zero-order valence-corrected chi connectivity index (χ0v) is 13.6. The molecule has 0 radical (unpaired) electrons. The van der Waals surface area contributed by atoms with E-state index in [1.807, 2.05) is 27.7 Å². The number of nitrogens with two attached hydrogens (primary N) is 1. The summed E-state index contributed by atoms with van der Waals surface area (Å²) in [6, 6.07) is 0. The van der Waals surface area contributed by atoms with Crippen LogP contribution < -0.4 is 15.8 Å². The first-order valence-electron chi connectivity index (χ1n) is 7.71. The monoisotopic (exact) mass is 296 g/mol. The van der Waals surface area contributed by atoms with E-state index in [1.54, 1.807) is 0 Å². The van der Waals surface area contributed by atoms with Crippen LogP contribution in [0.25, 0.3) is 0 Å². The van der Waals surface area contributed by atoms with Gasteiger partial charge in [0, 0.05) is 25.7 Å². The van der Waals surface area contributed by atoms with Gasteiger partial charge in [0.1, 0.15) is 11.5 Å². The molecule has 1 heterocycles. The highest BCUT2D eigenvalue weighted by atomic mass is 16.5. The number of nitrogens with one attached hydrogen (secondary N) is 1. The maximum absolute atomic E-state index is 6.09. The molecule has 21 heavy (non-hydrogen) atoms. The summed E-state index contributed by atoms with van der Waals surface area (Å²) >= 11 is 0. The fourth-order valence-electron chi connectivity index (χ4n) is 1.69. The molecule has 0 fully saturated rings. The molecular formula is C15H28N4O2. The first kappa shape index (κ1) is 17.5. The van der Waals surface area contributed by atoms with E-state index < -0.39 is 0 Å². The van der Waals surface area contributed by atoms with Crippen molar-refractivity contribution in [1.29, 1.82) is 0 Å². The Labute approximate surface area is 127 Å². The van der Waals surface area contributed by atoms with Gasteiger partial charge in [0.25, 0.3) is 0 Å². The molecule has 0 amide bonds. The van der Waals surface area contributed by atoms with Gasteiger partial charge in [-0.25, -0.2) is 4.98 Å². The van der Waals surface area contributed by atoms with Gasteiger partial charge in [-0.05, 0) is 19.8 Å². The van der Waals surface area contributed by atoms with Gasteiger partial charge in [0.15, 0.2) is 5.82 Å². The Morgan fingerprint density at radius 3 is 2.57 bits per heavy atom. The number of anilines is 2. The lowest BCUT2D eigenvalue weighted by atomic mass is 10.2. The first-order chi connectivity index (χ1) is 10.1. The number of hydrogen-bond acceptors (Lipinski definition) is 6. The Hall–Kier alpha value is -1.56. The normalized spacial score (nSPS) is 10.9. The maximum Gasteiger partial charge on any atom is 0.242 e. The number of nitrogens with zero attached hydrogens (tertiary/aromatic N) is 2. The third kappa shape index (κ3) is 5.75. The van der Waals surface area contributed by atoms with Crippen LogP contribution in [0.3, 0.4) is 0 Å². The van der Waals surface area contributed by atoms with Crippen molar-refractivity contribution in [2.45, 2.75) is 46.5 Å². The van der Waals surface area contributed by atoms with Crippen molar-refractivity contribution >= 4 is 11.5 Å². The molecule has 0 atom stereocenters. The minimum Gasteiger partial charge on any atom is -0.476 e. The minimum absolute atomic E-state index is 0.221. The summed E-state index contributed by atoms with van der Waals surface area (Å²) in [6.07, 6.45) is 1.82. The van der Waals surface area contributed by atoms with E-state index in [2.05, 4.69) is 15.3 Å². The van der Waals surface area contributed by atoms with E-state index in [9.17, 15) is 0 Å². The number of nitrogen functional groups attached to an aromatic ring is 1. The lowest BCUT2D eigenvalue weighted by Gasteiger charge is -2.15. The van der Waals surface area contributed by atoms with E-state index in [0.29, 0.717) is 24.0 Å². The van der Waals surface area contributed by atoms with Crippen LogP contribution >= 0.6 is 0 Å². The summed E-state index contributed by atoms with van der Waals surface area (Å²) in [5.41, 5.74) is 6.57. The predicted octanol–water partition coefficient (Wildman–Crippen LogP) is 2.81. The van der Waals surface area contributed by atoms with E-state index in [-0.39, 0.29) is 5.92 Å². The molecule has 0 saturated heterocycles. The van der Waals surface area contributed by atoms with Crippen LogP contribution in [0, 0.1) is 0 Å². The van der Waals surface area contributed by atoms with Gasteiger partial charge >= 0.3 is 0 Å². The van der Waals surface area contributed by atoms with Crippen LogP contribution in [0.15, 0.2) is 0 Å². The lowest BCUT2D eigenvalue weighted by Crippen LogP contribution is -2.13. The first-order valence-corrected chi connectivity index (χ1v) is 7.71. The number of hydrogen-bond donors (Lipinski definition) is 2. The summed E-state index contributed by atoms with van der Waals surface area (Å²) in [5, 5.41) is 3.25. The second-order valence-electron chi connectivity index (χ2n) is 5.13. The van der Waals surface area contributed by atoms with Crippen LogP contribution in [-0.2, 0) is 4.74 Å². The molecular weight excluding hydrogens is 268 g/mol. The Bertz CT molecular complexity index is 424. The molecule has 0 bridgehead atoms. The van der Waals surface area contributed by atoms with Crippen molar-refractivity contribution in [2.24, 2.45) is 0 Å². The van der Waals surface area contributed by atoms with Gasteiger partial charge < -0.3 is 20.5 Å². The van der Waals surface area contributed by atoms with Crippen molar-refractivity contribution in [3.8, 4) is 5.88 Å². The van der Waals surface area contributed by atoms with E-state index in [4.69, 9.17) is 15.2 Å². The quantitative estimate of drug-likeness (QED) is 0.646. The van der Waals surface area contributed by atoms with Gasteiger partial charge in [-0.15, -0.1) is 0 Å². The third-order valence-corrected chi connectivity index (χ3v) is 2.85. The second-order valence-corrected chi connectivity index (χ2v) is 5.13. The third-order valence-electron chi connectivity index (χ3n) is 2.85. The summed E-state index contributed by atoms with van der Waals surface area (Å²) < 4.78 is 10.9. The molecule has 0 aliphatic heterocycles. The molecule has 0 unspecified atom stereocenters. The average Bonchev–Trinajstić information content (AvgIpc) is 2.47. The molecule has 1 aromatic rings. The highest BCUT2D eigenvalue weighted by Crippen LogP contribution is 2.28. The summed E-state index contributed by atoms with van der Waals surface area (Å²) in [6.45, 7) is 11.0. The minimum atomic E-state index is 0.221. The van der Waals surface area contributed by atoms with E-state index in [1.165, 1.54) is 0 Å². The Morgan fingerprint density at radius 2 is 1.95 bits per heavy atom. The summed E-state index contributed by atoms with van der Waals surface area (Å²) in [4.78, 5) is 8.89. The van der Waals surface area contributed by atoms with Crippen molar-refractivity contribution in [3.63, 3.8) is 0 Å². The standard InChI is InChI=1S/C15H28N4O2/c1-5-9-21-15-12(16)14(17-8-7-10-20-6-2)18-13(19-15)11(3)4/h11H,5-10,16H2,1-4H3,(H,17,18,19). The van der Waals surface area contributed by atoms with Crippen LogP contribution in [0.4, 0.5) is 11.5 Å². The smallest absolute Gasteiger partial charge is 0.242 e. The molecule has 0 aromatic carbocycles. The van der Waals surface area contributed by atoms with Crippen molar-refractivity contribution < 1.29 is 9.47 Å². The fourth-order valence-corrected chi connectivity index (χ4v) is 1.69. The van der Waals surface area contributed by atoms with Gasteiger partial charge in [0.05, 0.1) is 6.61 Å². The lowest BCUT2D eigenvalue weighted by molar-refractivity contribution is 0.147. The molecule has 120 valence electrons. The fraction of sp³-hybridized carbons (Fsp3) is 0.733. The van der Waals surface area contributed by atoms with E-state index in [0.717, 1.165) is 38.4 Å². The molecule has 3 N–H and O–H groups in total. The highest BCUT2D eigenvalue weighted by Gasteiger charge is 2.14. The number of rotatable bonds is 10. The summed E-state index contributed by atoms with van der Waals surface area (Å²) in [7, 11) is 0. The van der Waals surface area contributed by atoms with Gasteiger partial charge in [-0.1, -0.05) is 20.8 Å². The van der Waals surface area contributed by atoms with Gasteiger partial charge in [-0.3, -0.25) is 0 Å². The zero-order valence-electron chi connectivity index (χ0n) is 13.6. The maximum atomic E-state index is 6.09. The molecule has 0 aliphatic carbocycles.